The van der Waals surface area contributed by atoms with Crippen LogP contribution in [0.25, 0.3) is 5.70 Å². The highest BCUT2D eigenvalue weighted by molar-refractivity contribution is 6.05. The Hall–Kier alpha value is -4.59. The van der Waals surface area contributed by atoms with Crippen molar-refractivity contribution in [3.8, 4) is 0 Å². The largest absolute Gasteiger partial charge is 0.463 e. The van der Waals surface area contributed by atoms with Crippen LogP contribution >= 0.6 is 0 Å². The van der Waals surface area contributed by atoms with Crippen molar-refractivity contribution in [1.82, 2.24) is 10.2 Å². The second-order valence-corrected chi connectivity index (χ2v) is 8.95. The van der Waals surface area contributed by atoms with Gasteiger partial charge in [-0.25, -0.2) is 14.4 Å². The molecular weight excluding hydrogens is 480 g/mol. The first-order valence-electron chi connectivity index (χ1n) is 12.7. The molecule has 1 atom stereocenters. The maximum Gasteiger partial charge on any atom is 0.338 e. The minimum Gasteiger partial charge on any atom is -0.463 e. The van der Waals surface area contributed by atoms with Crippen LogP contribution in [-0.2, 0) is 9.53 Å². The van der Waals surface area contributed by atoms with Crippen LogP contribution in [-0.4, -0.2) is 36.1 Å². The highest BCUT2D eigenvalue weighted by Crippen LogP contribution is 2.37. The van der Waals surface area contributed by atoms with E-state index in [2.05, 4.69) is 16.0 Å². The number of anilines is 2. The van der Waals surface area contributed by atoms with Crippen LogP contribution in [0.1, 0.15) is 43.0 Å². The SMILES string of the molecule is CCCN1C(=O)NC(c2ccc(NC(=O)Nc3ccc(C)cc3)cc2)C(C(=O)OCC)=C1c1ccccc1. The number of ether oxygens (including phenoxy) is 1. The average Bonchev–Trinajstić information content (AvgIpc) is 2.92. The molecule has 0 aromatic heterocycles. The summed E-state index contributed by atoms with van der Waals surface area (Å²) in [5, 5.41) is 8.59. The van der Waals surface area contributed by atoms with E-state index < -0.39 is 12.0 Å². The molecule has 1 aliphatic rings. The van der Waals surface area contributed by atoms with E-state index in [1.165, 1.54) is 0 Å². The smallest absolute Gasteiger partial charge is 0.338 e. The summed E-state index contributed by atoms with van der Waals surface area (Å²) in [4.78, 5) is 40.6. The fourth-order valence-corrected chi connectivity index (χ4v) is 4.36. The number of carbonyl (C=O) groups is 3. The van der Waals surface area contributed by atoms with Gasteiger partial charge in [0.1, 0.15) is 0 Å². The Labute approximate surface area is 222 Å². The Bertz CT molecular complexity index is 1320. The first kappa shape index (κ1) is 26.5. The Balaban J connectivity index is 1.65. The molecule has 0 aliphatic carbocycles. The fraction of sp³-hybridized carbons (Fsp3) is 0.233. The number of hydrogen-bond acceptors (Lipinski definition) is 4. The predicted molar refractivity (Wildman–Crippen MR) is 149 cm³/mol. The van der Waals surface area contributed by atoms with Crippen LogP contribution in [0.5, 0.6) is 0 Å². The maximum atomic E-state index is 13.3. The van der Waals surface area contributed by atoms with Crippen molar-refractivity contribution >= 4 is 35.1 Å². The average molecular weight is 513 g/mol. The monoisotopic (exact) mass is 512 g/mol. The summed E-state index contributed by atoms with van der Waals surface area (Å²) in [5.41, 5.74) is 4.71. The van der Waals surface area contributed by atoms with Crippen LogP contribution in [0, 0.1) is 6.92 Å². The molecule has 3 N–H and O–H groups in total. The number of carbonyl (C=O) groups excluding carboxylic acids is 3. The van der Waals surface area contributed by atoms with Gasteiger partial charge in [-0.2, -0.15) is 0 Å². The molecule has 0 spiro atoms. The summed E-state index contributed by atoms with van der Waals surface area (Å²) in [6.07, 6.45) is 0.718. The van der Waals surface area contributed by atoms with Crippen molar-refractivity contribution in [2.45, 2.75) is 33.2 Å². The highest BCUT2D eigenvalue weighted by Gasteiger charge is 2.38. The van der Waals surface area contributed by atoms with Crippen LogP contribution in [0.4, 0.5) is 21.0 Å². The predicted octanol–water partition coefficient (Wildman–Crippen LogP) is 6.09. The number of aryl methyl sites for hydroxylation is 1. The number of rotatable bonds is 8. The minimum absolute atomic E-state index is 0.206. The first-order valence-corrected chi connectivity index (χ1v) is 12.7. The number of esters is 1. The van der Waals surface area contributed by atoms with E-state index in [1.807, 2.05) is 68.4 Å². The van der Waals surface area contributed by atoms with Crippen molar-refractivity contribution in [3.05, 3.63) is 101 Å². The van der Waals surface area contributed by atoms with Crippen molar-refractivity contribution in [3.63, 3.8) is 0 Å². The van der Waals surface area contributed by atoms with E-state index >= 15 is 0 Å². The van der Waals surface area contributed by atoms with E-state index in [9.17, 15) is 14.4 Å². The van der Waals surface area contributed by atoms with Gasteiger partial charge in [0.15, 0.2) is 0 Å². The Morgan fingerprint density at radius 2 is 1.50 bits per heavy atom. The third kappa shape index (κ3) is 6.03. The second kappa shape index (κ2) is 12.1. The molecule has 0 bridgehead atoms. The second-order valence-electron chi connectivity index (χ2n) is 8.95. The molecule has 1 unspecified atom stereocenters. The lowest BCUT2D eigenvalue weighted by Crippen LogP contribution is -2.48. The molecule has 0 radical (unpaired) electrons. The molecule has 196 valence electrons. The third-order valence-corrected chi connectivity index (χ3v) is 6.13. The quantitative estimate of drug-likeness (QED) is 0.318. The zero-order valence-corrected chi connectivity index (χ0v) is 21.8. The fourth-order valence-electron chi connectivity index (χ4n) is 4.36. The lowest BCUT2D eigenvalue weighted by molar-refractivity contribution is -0.138. The van der Waals surface area contributed by atoms with E-state index in [0.717, 1.165) is 17.5 Å². The highest BCUT2D eigenvalue weighted by atomic mass is 16.5. The molecule has 1 aliphatic heterocycles. The molecule has 1 heterocycles. The summed E-state index contributed by atoms with van der Waals surface area (Å²) in [7, 11) is 0. The van der Waals surface area contributed by atoms with E-state index in [4.69, 9.17) is 4.74 Å². The van der Waals surface area contributed by atoms with Gasteiger partial charge in [-0.1, -0.05) is 67.1 Å². The molecule has 0 saturated carbocycles. The van der Waals surface area contributed by atoms with Gasteiger partial charge < -0.3 is 20.7 Å². The third-order valence-electron chi connectivity index (χ3n) is 6.13. The maximum absolute atomic E-state index is 13.3. The van der Waals surface area contributed by atoms with Crippen molar-refractivity contribution in [1.29, 1.82) is 0 Å². The summed E-state index contributed by atoms with van der Waals surface area (Å²) in [6.45, 7) is 6.37. The van der Waals surface area contributed by atoms with Crippen molar-refractivity contribution in [2.24, 2.45) is 0 Å². The van der Waals surface area contributed by atoms with Gasteiger partial charge in [0.05, 0.1) is 23.9 Å². The molecule has 3 aromatic rings. The van der Waals surface area contributed by atoms with E-state index in [0.29, 0.717) is 34.8 Å². The van der Waals surface area contributed by atoms with Gasteiger partial charge in [0.2, 0.25) is 0 Å². The number of urea groups is 2. The Morgan fingerprint density at radius 1 is 0.895 bits per heavy atom. The summed E-state index contributed by atoms with van der Waals surface area (Å²) < 4.78 is 5.45. The van der Waals surface area contributed by atoms with E-state index in [-0.39, 0.29) is 18.7 Å². The molecule has 0 fully saturated rings. The topological polar surface area (TPSA) is 99.8 Å². The molecule has 8 nitrogen and oxygen atoms in total. The zero-order chi connectivity index (χ0) is 27.1. The molecule has 3 aromatic carbocycles. The standard InChI is InChI=1S/C30H32N4O4/c1-4-19-34-27(22-9-7-6-8-10-22)25(28(35)38-5-2)26(33-30(34)37)21-13-17-24(18-14-21)32-29(36)31-23-15-11-20(3)12-16-23/h6-18,26H,4-5,19H2,1-3H3,(H,33,37)(H2,31,32,36). The van der Waals surface area contributed by atoms with Gasteiger partial charge in [-0.3, -0.25) is 4.90 Å². The Kier molecular flexibility index (Phi) is 8.43. The molecule has 4 rings (SSSR count). The molecular formula is C30H32N4O4. The van der Waals surface area contributed by atoms with Gasteiger partial charge in [-0.05, 0) is 55.7 Å². The van der Waals surface area contributed by atoms with Gasteiger partial charge in [0, 0.05) is 17.9 Å². The van der Waals surface area contributed by atoms with E-state index in [1.54, 1.807) is 36.1 Å². The number of amides is 4. The molecule has 4 amide bonds. The molecule has 0 saturated heterocycles. The first-order chi connectivity index (χ1) is 18.4. The number of nitrogens with one attached hydrogen (secondary N) is 3. The molecule has 8 heteroatoms. The van der Waals surface area contributed by atoms with Crippen LogP contribution in [0.2, 0.25) is 0 Å². The van der Waals surface area contributed by atoms with Crippen molar-refractivity contribution in [2.75, 3.05) is 23.8 Å². The minimum atomic E-state index is -0.722. The zero-order valence-electron chi connectivity index (χ0n) is 21.8. The van der Waals surface area contributed by atoms with Crippen LogP contribution in [0.3, 0.4) is 0 Å². The van der Waals surface area contributed by atoms with Gasteiger partial charge in [0.25, 0.3) is 0 Å². The summed E-state index contributed by atoms with van der Waals surface area (Å²) in [6, 6.07) is 22.6. The van der Waals surface area contributed by atoms with Crippen LogP contribution in [0.15, 0.2) is 84.4 Å². The lowest BCUT2D eigenvalue weighted by atomic mass is 9.91. The van der Waals surface area contributed by atoms with Crippen LogP contribution < -0.4 is 16.0 Å². The number of nitrogens with zero attached hydrogens (tertiary/aromatic N) is 1. The van der Waals surface area contributed by atoms with Gasteiger partial charge in [-0.15, -0.1) is 0 Å². The number of benzene rings is 3. The summed E-state index contributed by atoms with van der Waals surface area (Å²) >= 11 is 0. The normalized spacial score (nSPS) is 15.1. The van der Waals surface area contributed by atoms with Gasteiger partial charge >= 0.3 is 18.0 Å². The molecule has 38 heavy (non-hydrogen) atoms. The summed E-state index contributed by atoms with van der Waals surface area (Å²) in [5.74, 6) is -0.489. The number of hydrogen-bond donors (Lipinski definition) is 3. The van der Waals surface area contributed by atoms with Crippen molar-refractivity contribution < 1.29 is 19.1 Å². The lowest BCUT2D eigenvalue weighted by Gasteiger charge is -2.36. The Morgan fingerprint density at radius 3 is 2.08 bits per heavy atom.